The first-order valence-electron chi connectivity index (χ1n) is 11.1. The quantitative estimate of drug-likeness (QED) is 0.449. The lowest BCUT2D eigenvalue weighted by Crippen LogP contribution is -2.53. The van der Waals surface area contributed by atoms with Crippen LogP contribution in [0.4, 0.5) is 17.4 Å². The van der Waals surface area contributed by atoms with Crippen molar-refractivity contribution in [2.24, 2.45) is 0 Å². The molecule has 0 radical (unpaired) electrons. The summed E-state index contributed by atoms with van der Waals surface area (Å²) in [6.45, 7) is 4.74. The number of halogens is 1. The van der Waals surface area contributed by atoms with Gasteiger partial charge in [-0.05, 0) is 66.9 Å². The molecule has 1 aromatic heterocycles. The van der Waals surface area contributed by atoms with Gasteiger partial charge in [0.2, 0.25) is 10.0 Å². The largest absolute Gasteiger partial charge is 0.437 e. The lowest BCUT2D eigenvalue weighted by Gasteiger charge is -2.39. The van der Waals surface area contributed by atoms with Gasteiger partial charge in [0.1, 0.15) is 6.26 Å². The predicted octanol–water partition coefficient (Wildman–Crippen LogP) is 1.30. The van der Waals surface area contributed by atoms with Crippen LogP contribution in [0, 0.1) is 0 Å². The molecule has 0 unspecified atom stereocenters. The molecule has 11 nitrogen and oxygen atoms in total. The first-order chi connectivity index (χ1) is 16.1. The van der Waals surface area contributed by atoms with Crippen molar-refractivity contribution in [2.45, 2.75) is 24.9 Å². The van der Waals surface area contributed by atoms with Crippen molar-refractivity contribution < 1.29 is 22.7 Å². The fourth-order valence-electron chi connectivity index (χ4n) is 4.34. The molecule has 0 bridgehead atoms. The van der Waals surface area contributed by atoms with Crippen molar-refractivity contribution in [2.75, 3.05) is 55.2 Å². The first kappa shape index (κ1) is 25.0. The van der Waals surface area contributed by atoms with Crippen LogP contribution in [0.25, 0.3) is 0 Å². The number of nitrogens with one attached hydrogen (secondary N) is 1. The van der Waals surface area contributed by atoms with Gasteiger partial charge in [0.05, 0.1) is 10.9 Å². The number of oxazole rings is 1. The molecular formula is C20H28BBrN6O5S. The SMILES string of the molecule is CB(O)N1CCC(S(=O)(=O)N2CCN(c3ccc(Br)c(NC(=O)c4coc(N)n4)c3)CC2)CC1. The van der Waals surface area contributed by atoms with E-state index < -0.39 is 28.2 Å². The van der Waals surface area contributed by atoms with E-state index in [2.05, 4.69) is 31.1 Å². The minimum absolute atomic E-state index is 0.0768. The summed E-state index contributed by atoms with van der Waals surface area (Å²) in [6, 6.07) is 5.51. The van der Waals surface area contributed by atoms with E-state index in [0.717, 1.165) is 5.69 Å². The molecule has 1 amide bonds. The Morgan fingerprint density at radius 3 is 2.50 bits per heavy atom. The highest BCUT2D eigenvalue weighted by molar-refractivity contribution is 9.10. The van der Waals surface area contributed by atoms with Crippen molar-refractivity contribution in [1.29, 1.82) is 0 Å². The topological polar surface area (TPSA) is 145 Å². The number of carbonyl (C=O) groups excluding carboxylic acids is 1. The Morgan fingerprint density at radius 2 is 1.91 bits per heavy atom. The van der Waals surface area contributed by atoms with Gasteiger partial charge in [-0.1, -0.05) is 0 Å². The number of piperidine rings is 1. The fourth-order valence-corrected chi connectivity index (χ4v) is 6.59. The molecule has 3 heterocycles. The Hall–Kier alpha value is -2.13. The third-order valence-electron chi connectivity index (χ3n) is 6.34. The molecule has 34 heavy (non-hydrogen) atoms. The van der Waals surface area contributed by atoms with Crippen LogP contribution in [0.3, 0.4) is 0 Å². The Bertz CT molecular complexity index is 1130. The number of hydrogen-bond donors (Lipinski definition) is 3. The molecular weight excluding hydrogens is 527 g/mol. The average Bonchev–Trinajstić information content (AvgIpc) is 3.27. The lowest BCUT2D eigenvalue weighted by molar-refractivity contribution is 0.102. The normalized spacial score (nSPS) is 18.7. The smallest absolute Gasteiger partial charge is 0.376 e. The van der Waals surface area contributed by atoms with Crippen molar-refractivity contribution in [1.82, 2.24) is 14.1 Å². The Labute approximate surface area is 207 Å². The number of piperazine rings is 1. The minimum Gasteiger partial charge on any atom is -0.437 e. The average molecular weight is 555 g/mol. The first-order valence-corrected chi connectivity index (χ1v) is 13.4. The van der Waals surface area contributed by atoms with Crippen molar-refractivity contribution >= 4 is 56.3 Å². The highest BCUT2D eigenvalue weighted by Crippen LogP contribution is 2.30. The molecule has 2 fully saturated rings. The molecule has 0 atom stereocenters. The summed E-state index contributed by atoms with van der Waals surface area (Å²) >= 11 is 3.45. The van der Waals surface area contributed by atoms with E-state index in [9.17, 15) is 18.2 Å². The molecule has 2 aliphatic rings. The number of nitrogens with two attached hydrogens (primary N) is 1. The van der Waals surface area contributed by atoms with Crippen LogP contribution in [-0.2, 0) is 10.0 Å². The van der Waals surface area contributed by atoms with Gasteiger partial charge in [0.25, 0.3) is 11.9 Å². The Morgan fingerprint density at radius 1 is 1.24 bits per heavy atom. The highest BCUT2D eigenvalue weighted by atomic mass is 79.9. The van der Waals surface area contributed by atoms with E-state index >= 15 is 0 Å². The maximum absolute atomic E-state index is 13.2. The number of amides is 1. The Kier molecular flexibility index (Phi) is 7.52. The molecule has 0 saturated carbocycles. The predicted molar refractivity (Wildman–Crippen MR) is 134 cm³/mol. The van der Waals surface area contributed by atoms with Crippen LogP contribution < -0.4 is 16.0 Å². The van der Waals surface area contributed by atoms with E-state index in [1.165, 1.54) is 6.26 Å². The Balaban J connectivity index is 1.37. The van der Waals surface area contributed by atoms with Gasteiger partial charge < -0.3 is 30.2 Å². The van der Waals surface area contributed by atoms with Crippen LogP contribution in [-0.4, -0.2) is 85.0 Å². The maximum atomic E-state index is 13.2. The number of anilines is 3. The molecule has 0 spiro atoms. The number of rotatable bonds is 6. The van der Waals surface area contributed by atoms with E-state index in [0.29, 0.717) is 62.3 Å². The molecule has 2 aliphatic heterocycles. The molecule has 14 heteroatoms. The summed E-state index contributed by atoms with van der Waals surface area (Å²) in [7, 11) is -3.95. The summed E-state index contributed by atoms with van der Waals surface area (Å²) in [5, 5.41) is 12.1. The van der Waals surface area contributed by atoms with Crippen LogP contribution in [0.5, 0.6) is 0 Å². The summed E-state index contributed by atoms with van der Waals surface area (Å²) in [6.07, 6.45) is 2.25. The van der Waals surface area contributed by atoms with Gasteiger partial charge in [-0.3, -0.25) is 4.79 Å². The highest BCUT2D eigenvalue weighted by Gasteiger charge is 2.37. The molecule has 2 aromatic rings. The third kappa shape index (κ3) is 5.41. The zero-order chi connectivity index (χ0) is 24.5. The van der Waals surface area contributed by atoms with Gasteiger partial charge >= 0.3 is 7.05 Å². The molecule has 184 valence electrons. The number of aromatic nitrogens is 1. The van der Waals surface area contributed by atoms with E-state index in [-0.39, 0.29) is 11.7 Å². The molecule has 4 rings (SSSR count). The van der Waals surface area contributed by atoms with Gasteiger partial charge in [-0.2, -0.15) is 9.29 Å². The van der Waals surface area contributed by atoms with E-state index in [1.54, 1.807) is 11.1 Å². The molecule has 1 aromatic carbocycles. The van der Waals surface area contributed by atoms with Crippen LogP contribution in [0.1, 0.15) is 23.3 Å². The molecule has 2 saturated heterocycles. The van der Waals surface area contributed by atoms with Gasteiger partial charge in [-0.25, -0.2) is 8.42 Å². The number of sulfonamides is 1. The van der Waals surface area contributed by atoms with Crippen LogP contribution in [0.15, 0.2) is 33.4 Å². The number of carbonyl (C=O) groups is 1. The molecule has 0 aliphatic carbocycles. The number of nitrogen functional groups attached to an aromatic ring is 1. The monoisotopic (exact) mass is 554 g/mol. The summed E-state index contributed by atoms with van der Waals surface area (Å²) < 4.78 is 33.5. The van der Waals surface area contributed by atoms with Crippen molar-refractivity contribution in [3.05, 3.63) is 34.6 Å². The van der Waals surface area contributed by atoms with Crippen molar-refractivity contribution in [3.8, 4) is 0 Å². The zero-order valence-corrected chi connectivity index (χ0v) is 21.3. The zero-order valence-electron chi connectivity index (χ0n) is 18.9. The number of benzene rings is 1. The number of hydrogen-bond acceptors (Lipinski definition) is 9. The summed E-state index contributed by atoms with van der Waals surface area (Å²) in [5.41, 5.74) is 6.95. The van der Waals surface area contributed by atoms with Crippen LogP contribution in [0.2, 0.25) is 6.82 Å². The fraction of sp³-hybridized carbons (Fsp3) is 0.500. The second kappa shape index (κ2) is 10.2. The maximum Gasteiger partial charge on any atom is 0.376 e. The van der Waals surface area contributed by atoms with Crippen molar-refractivity contribution in [3.63, 3.8) is 0 Å². The summed E-state index contributed by atoms with van der Waals surface area (Å²) in [5.74, 6) is -0.448. The third-order valence-corrected chi connectivity index (χ3v) is 9.43. The van der Waals surface area contributed by atoms with Gasteiger partial charge in [-0.15, -0.1) is 0 Å². The standard InChI is InChI=1S/C20H28BBrN6O5S/c1-21(30)27-6-4-15(5-7-27)34(31,32)28-10-8-26(9-11-28)14-2-3-16(22)17(12-14)24-19(29)18-13-33-20(23)25-18/h2-3,12-13,15,30H,4-11H2,1H3,(H2,23,25)(H,24,29). The van der Waals surface area contributed by atoms with Crippen LogP contribution >= 0.6 is 15.9 Å². The lowest BCUT2D eigenvalue weighted by atomic mass is 9.83. The van der Waals surface area contributed by atoms with E-state index in [1.807, 2.05) is 23.0 Å². The van der Waals surface area contributed by atoms with Gasteiger partial charge in [0.15, 0.2) is 5.69 Å². The minimum atomic E-state index is -3.39. The molecule has 4 N–H and O–H groups in total. The van der Waals surface area contributed by atoms with Gasteiger partial charge in [0, 0.05) is 36.3 Å². The summed E-state index contributed by atoms with van der Waals surface area (Å²) in [4.78, 5) is 20.2. The number of nitrogens with zero attached hydrogens (tertiary/aromatic N) is 4. The van der Waals surface area contributed by atoms with E-state index in [4.69, 9.17) is 10.2 Å². The second-order valence-electron chi connectivity index (χ2n) is 8.49. The second-order valence-corrected chi connectivity index (χ2v) is 11.6.